The molecule has 0 spiro atoms. The van der Waals surface area contributed by atoms with Gasteiger partial charge < -0.3 is 5.11 Å². The lowest BCUT2D eigenvalue weighted by Crippen LogP contribution is -2.33. The molecular formula is C21H18Cl2N4O2. The van der Waals surface area contributed by atoms with Gasteiger partial charge in [-0.05, 0) is 49.2 Å². The van der Waals surface area contributed by atoms with Gasteiger partial charge in [0.2, 0.25) is 0 Å². The third-order valence-corrected chi connectivity index (χ3v) is 4.94. The average Bonchev–Trinajstić information content (AvgIpc) is 2.97. The summed E-state index contributed by atoms with van der Waals surface area (Å²) in [6.45, 7) is 3.29. The van der Waals surface area contributed by atoms with Crippen LogP contribution in [0.25, 0.3) is 27.9 Å². The molecular weight excluding hydrogens is 411 g/mol. The quantitative estimate of drug-likeness (QED) is 0.525. The summed E-state index contributed by atoms with van der Waals surface area (Å²) < 4.78 is 2.47. The molecule has 2 heterocycles. The normalized spacial score (nSPS) is 11.9. The average molecular weight is 429 g/mol. The van der Waals surface area contributed by atoms with Crippen LogP contribution in [0.2, 0.25) is 10.0 Å². The van der Waals surface area contributed by atoms with Crippen molar-refractivity contribution in [3.8, 4) is 22.3 Å². The molecule has 1 N–H and O–H groups in total. The molecule has 4 aromatic rings. The van der Waals surface area contributed by atoms with E-state index in [0.717, 1.165) is 22.3 Å². The standard InChI is InChI=1S/C21H18Cl2N4O2/c1-21(2,29)12-26-20(28)27-19(25-26)18(14-5-9-16(23)10-6-14)17(11-24-27)13-3-7-15(22)8-4-13/h3-11,29H,12H2,1-2H3. The zero-order valence-corrected chi connectivity index (χ0v) is 17.3. The smallest absolute Gasteiger partial charge is 0.367 e. The van der Waals surface area contributed by atoms with Crippen molar-refractivity contribution < 1.29 is 5.11 Å². The van der Waals surface area contributed by atoms with Crippen molar-refractivity contribution in [2.24, 2.45) is 0 Å². The highest BCUT2D eigenvalue weighted by atomic mass is 35.5. The summed E-state index contributed by atoms with van der Waals surface area (Å²) in [7, 11) is 0. The fourth-order valence-electron chi connectivity index (χ4n) is 3.18. The van der Waals surface area contributed by atoms with Gasteiger partial charge in [-0.3, -0.25) is 0 Å². The van der Waals surface area contributed by atoms with E-state index >= 15 is 0 Å². The zero-order chi connectivity index (χ0) is 20.8. The first kappa shape index (κ1) is 19.6. The summed E-state index contributed by atoms with van der Waals surface area (Å²) in [5.74, 6) is 0. The van der Waals surface area contributed by atoms with E-state index in [1.165, 1.54) is 9.20 Å². The molecule has 2 aromatic heterocycles. The molecule has 0 atom stereocenters. The molecule has 0 aliphatic rings. The Balaban J connectivity index is 2.02. The van der Waals surface area contributed by atoms with Crippen LogP contribution in [-0.2, 0) is 6.54 Å². The van der Waals surface area contributed by atoms with Crippen LogP contribution in [-0.4, -0.2) is 30.1 Å². The van der Waals surface area contributed by atoms with Gasteiger partial charge in [0.25, 0.3) is 0 Å². The fraction of sp³-hybridized carbons (Fsp3) is 0.190. The third-order valence-electron chi connectivity index (χ3n) is 4.44. The maximum absolute atomic E-state index is 12.8. The SMILES string of the molecule is CC(C)(O)Cn1nc2c(-c3ccc(Cl)cc3)c(-c3ccc(Cl)cc3)cnn2c1=O. The lowest BCUT2D eigenvalue weighted by molar-refractivity contribution is 0.0566. The van der Waals surface area contributed by atoms with Crippen molar-refractivity contribution in [1.82, 2.24) is 19.4 Å². The molecule has 0 aliphatic heterocycles. The summed E-state index contributed by atoms with van der Waals surface area (Å²) in [4.78, 5) is 12.8. The number of halogens is 2. The maximum Gasteiger partial charge on any atom is 0.367 e. The maximum atomic E-state index is 12.8. The van der Waals surface area contributed by atoms with E-state index in [1.54, 1.807) is 44.3 Å². The highest BCUT2D eigenvalue weighted by Crippen LogP contribution is 2.35. The van der Waals surface area contributed by atoms with Crippen LogP contribution in [0.4, 0.5) is 0 Å². The molecule has 0 aliphatic carbocycles. The van der Waals surface area contributed by atoms with Gasteiger partial charge in [-0.15, -0.1) is 5.10 Å². The van der Waals surface area contributed by atoms with Gasteiger partial charge in [-0.2, -0.15) is 9.61 Å². The van der Waals surface area contributed by atoms with Gasteiger partial charge in [0.15, 0.2) is 5.65 Å². The van der Waals surface area contributed by atoms with Crippen LogP contribution in [0, 0.1) is 0 Å². The monoisotopic (exact) mass is 428 g/mol. The predicted octanol–water partition coefficient (Wildman–Crippen LogP) is 4.30. The first-order valence-corrected chi connectivity index (χ1v) is 9.72. The van der Waals surface area contributed by atoms with Gasteiger partial charge in [-0.1, -0.05) is 47.5 Å². The summed E-state index contributed by atoms with van der Waals surface area (Å²) in [5, 5.41) is 20.2. The summed E-state index contributed by atoms with van der Waals surface area (Å²) in [6, 6.07) is 14.7. The Bertz CT molecular complexity index is 1240. The predicted molar refractivity (Wildman–Crippen MR) is 114 cm³/mol. The van der Waals surface area contributed by atoms with Gasteiger partial charge in [0, 0.05) is 21.2 Å². The number of rotatable bonds is 4. The molecule has 0 fully saturated rings. The largest absolute Gasteiger partial charge is 0.389 e. The molecule has 0 amide bonds. The molecule has 4 rings (SSSR count). The molecule has 0 radical (unpaired) electrons. The molecule has 2 aromatic carbocycles. The van der Waals surface area contributed by atoms with E-state index < -0.39 is 11.3 Å². The number of hydrogen-bond donors (Lipinski definition) is 1. The van der Waals surface area contributed by atoms with Crippen LogP contribution < -0.4 is 5.69 Å². The number of fused-ring (bicyclic) bond motifs is 1. The van der Waals surface area contributed by atoms with Crippen molar-refractivity contribution in [3.05, 3.63) is 75.3 Å². The lowest BCUT2D eigenvalue weighted by Gasteiger charge is -2.15. The van der Waals surface area contributed by atoms with Crippen LogP contribution in [0.15, 0.2) is 59.5 Å². The molecule has 0 unspecified atom stereocenters. The van der Waals surface area contributed by atoms with E-state index in [-0.39, 0.29) is 6.54 Å². The molecule has 0 bridgehead atoms. The van der Waals surface area contributed by atoms with Gasteiger partial charge >= 0.3 is 5.69 Å². The first-order chi connectivity index (χ1) is 13.7. The number of aromatic nitrogens is 4. The van der Waals surface area contributed by atoms with Crippen molar-refractivity contribution >= 4 is 28.8 Å². The number of aliphatic hydroxyl groups is 1. The minimum atomic E-state index is -1.10. The number of benzene rings is 2. The van der Waals surface area contributed by atoms with E-state index in [9.17, 15) is 9.90 Å². The van der Waals surface area contributed by atoms with Crippen molar-refractivity contribution in [2.75, 3.05) is 0 Å². The Hall–Kier alpha value is -2.67. The molecule has 148 valence electrons. The van der Waals surface area contributed by atoms with Crippen molar-refractivity contribution in [3.63, 3.8) is 0 Å². The fourth-order valence-corrected chi connectivity index (χ4v) is 3.43. The second-order valence-corrected chi connectivity index (χ2v) is 8.31. The molecule has 0 saturated carbocycles. The van der Waals surface area contributed by atoms with Crippen molar-refractivity contribution in [2.45, 2.75) is 26.0 Å². The first-order valence-electron chi connectivity index (χ1n) is 8.96. The Morgan fingerprint density at radius 3 is 2.07 bits per heavy atom. The Morgan fingerprint density at radius 2 is 1.52 bits per heavy atom. The second-order valence-electron chi connectivity index (χ2n) is 7.44. The molecule has 0 saturated heterocycles. The lowest BCUT2D eigenvalue weighted by atomic mass is 9.97. The molecule has 29 heavy (non-hydrogen) atoms. The van der Waals surface area contributed by atoms with Crippen LogP contribution >= 0.6 is 23.2 Å². The highest BCUT2D eigenvalue weighted by Gasteiger charge is 2.22. The minimum absolute atomic E-state index is 0.0472. The molecule has 8 heteroatoms. The van der Waals surface area contributed by atoms with Crippen molar-refractivity contribution in [1.29, 1.82) is 0 Å². The van der Waals surface area contributed by atoms with Crippen LogP contribution in [0.5, 0.6) is 0 Å². The van der Waals surface area contributed by atoms with E-state index in [0.29, 0.717) is 15.7 Å². The van der Waals surface area contributed by atoms with Gasteiger partial charge in [0.1, 0.15) is 0 Å². The van der Waals surface area contributed by atoms with E-state index in [4.69, 9.17) is 23.2 Å². The Labute approximate surface area is 176 Å². The zero-order valence-electron chi connectivity index (χ0n) is 15.8. The summed E-state index contributed by atoms with van der Waals surface area (Å²) in [6.07, 6.45) is 1.64. The summed E-state index contributed by atoms with van der Waals surface area (Å²) in [5.41, 5.74) is 2.16. The third kappa shape index (κ3) is 3.92. The number of hydrogen-bond acceptors (Lipinski definition) is 4. The second kappa shape index (κ2) is 7.30. The minimum Gasteiger partial charge on any atom is -0.389 e. The number of nitrogens with zero attached hydrogens (tertiary/aromatic N) is 4. The summed E-state index contributed by atoms with van der Waals surface area (Å²) >= 11 is 12.1. The van der Waals surface area contributed by atoms with Gasteiger partial charge in [-0.25, -0.2) is 9.48 Å². The van der Waals surface area contributed by atoms with Crippen LogP contribution in [0.1, 0.15) is 13.8 Å². The van der Waals surface area contributed by atoms with Gasteiger partial charge in [0.05, 0.1) is 18.3 Å². The van der Waals surface area contributed by atoms with Crippen LogP contribution in [0.3, 0.4) is 0 Å². The topological polar surface area (TPSA) is 72.4 Å². The Kier molecular flexibility index (Phi) is 4.94. The molecule has 6 nitrogen and oxygen atoms in total. The Morgan fingerprint density at radius 1 is 0.966 bits per heavy atom. The van der Waals surface area contributed by atoms with E-state index in [2.05, 4.69) is 10.2 Å². The van der Waals surface area contributed by atoms with E-state index in [1.807, 2.05) is 24.3 Å². The highest BCUT2D eigenvalue weighted by molar-refractivity contribution is 6.31.